The van der Waals surface area contributed by atoms with Gasteiger partial charge in [0.05, 0.1) is 7.11 Å². The molecule has 0 saturated heterocycles. The van der Waals surface area contributed by atoms with Gasteiger partial charge in [-0.3, -0.25) is 9.63 Å². The van der Waals surface area contributed by atoms with Crippen LogP contribution >= 0.6 is 15.9 Å². The molecular formula is C6H7BrN2O2. The van der Waals surface area contributed by atoms with Crippen LogP contribution in [0.15, 0.2) is 16.7 Å². The van der Waals surface area contributed by atoms with Gasteiger partial charge in [-0.25, -0.2) is 5.48 Å². The largest absolute Gasteiger partial charge is 0.356 e. The molecule has 60 valence electrons. The minimum absolute atomic E-state index is 0.293. The van der Waals surface area contributed by atoms with Crippen LogP contribution in [0.4, 0.5) is 0 Å². The van der Waals surface area contributed by atoms with Crippen LogP contribution in [0, 0.1) is 0 Å². The number of rotatable bonds is 2. The maximum absolute atomic E-state index is 11.0. The van der Waals surface area contributed by atoms with Crippen molar-refractivity contribution in [3.8, 4) is 0 Å². The average Bonchev–Trinajstić information content (AvgIpc) is 2.36. The van der Waals surface area contributed by atoms with Crippen molar-refractivity contribution in [3.05, 3.63) is 22.4 Å². The lowest BCUT2D eigenvalue weighted by atomic mass is 10.4. The first-order chi connectivity index (χ1) is 5.24. The topological polar surface area (TPSA) is 54.1 Å². The van der Waals surface area contributed by atoms with Gasteiger partial charge in [-0.2, -0.15) is 0 Å². The lowest BCUT2D eigenvalue weighted by Crippen LogP contribution is -2.21. The summed E-state index contributed by atoms with van der Waals surface area (Å²) >= 11 is 3.20. The molecule has 5 heteroatoms. The summed E-state index contributed by atoms with van der Waals surface area (Å²) in [5.74, 6) is -0.293. The molecule has 0 spiro atoms. The molecule has 0 aliphatic rings. The molecule has 0 radical (unpaired) electrons. The smallest absolute Gasteiger partial charge is 0.291 e. The van der Waals surface area contributed by atoms with E-state index < -0.39 is 0 Å². The van der Waals surface area contributed by atoms with Gasteiger partial charge in [0.15, 0.2) is 0 Å². The standard InChI is InChI=1S/C6H7BrN2O2/c1-11-9-6(10)5-2-4(7)3-8-5/h2-3,8H,1H3,(H,9,10). The van der Waals surface area contributed by atoms with Gasteiger partial charge in [0.2, 0.25) is 0 Å². The van der Waals surface area contributed by atoms with Crippen LogP contribution in [0.2, 0.25) is 0 Å². The molecule has 0 unspecified atom stereocenters. The summed E-state index contributed by atoms with van der Waals surface area (Å²) in [5.41, 5.74) is 2.64. The van der Waals surface area contributed by atoms with Crippen LogP contribution in [0.25, 0.3) is 0 Å². The van der Waals surface area contributed by atoms with Gasteiger partial charge in [0, 0.05) is 10.7 Å². The molecule has 4 nitrogen and oxygen atoms in total. The second-order valence-corrected chi connectivity index (χ2v) is 2.78. The number of hydrogen-bond acceptors (Lipinski definition) is 2. The van der Waals surface area contributed by atoms with Gasteiger partial charge >= 0.3 is 0 Å². The Morgan fingerprint density at radius 2 is 2.55 bits per heavy atom. The Morgan fingerprint density at radius 3 is 3.00 bits per heavy atom. The summed E-state index contributed by atoms with van der Waals surface area (Å²) < 4.78 is 0.832. The molecule has 0 fully saturated rings. The van der Waals surface area contributed by atoms with E-state index >= 15 is 0 Å². The van der Waals surface area contributed by atoms with E-state index in [-0.39, 0.29) is 5.91 Å². The highest BCUT2D eigenvalue weighted by Gasteiger charge is 2.05. The van der Waals surface area contributed by atoms with E-state index in [0.29, 0.717) is 5.69 Å². The quantitative estimate of drug-likeness (QED) is 0.731. The second kappa shape index (κ2) is 3.54. The number of carbonyl (C=O) groups is 1. The molecule has 0 aromatic carbocycles. The summed E-state index contributed by atoms with van der Waals surface area (Å²) in [6, 6.07) is 1.66. The summed E-state index contributed by atoms with van der Waals surface area (Å²) in [6.07, 6.45) is 1.67. The molecule has 0 aliphatic heterocycles. The van der Waals surface area contributed by atoms with Crippen LogP contribution in [0.3, 0.4) is 0 Å². The highest BCUT2D eigenvalue weighted by atomic mass is 79.9. The predicted molar refractivity (Wildman–Crippen MR) is 43.0 cm³/mol. The number of aromatic amines is 1. The molecule has 0 atom stereocenters. The molecule has 0 saturated carbocycles. The fourth-order valence-electron chi connectivity index (χ4n) is 0.647. The molecule has 0 aliphatic carbocycles. The molecule has 11 heavy (non-hydrogen) atoms. The van der Waals surface area contributed by atoms with Crippen LogP contribution in [-0.2, 0) is 4.84 Å². The Bertz CT molecular complexity index is 259. The Balaban J connectivity index is 2.69. The first-order valence-corrected chi connectivity index (χ1v) is 3.70. The number of carbonyl (C=O) groups excluding carboxylic acids is 1. The van der Waals surface area contributed by atoms with E-state index in [4.69, 9.17) is 0 Å². The fraction of sp³-hybridized carbons (Fsp3) is 0.167. The molecule has 1 rings (SSSR count). The Kier molecular flexibility index (Phi) is 2.67. The van der Waals surface area contributed by atoms with Gasteiger partial charge in [0.25, 0.3) is 5.91 Å². The average molecular weight is 219 g/mol. The summed E-state index contributed by atoms with van der Waals surface area (Å²) in [4.78, 5) is 18.2. The van der Waals surface area contributed by atoms with E-state index in [1.807, 2.05) is 0 Å². The van der Waals surface area contributed by atoms with E-state index in [0.717, 1.165) is 4.47 Å². The zero-order valence-corrected chi connectivity index (χ0v) is 7.44. The Hall–Kier alpha value is -0.810. The number of hydroxylamine groups is 1. The van der Waals surface area contributed by atoms with Crippen molar-refractivity contribution in [2.45, 2.75) is 0 Å². The number of nitrogens with one attached hydrogen (secondary N) is 2. The Labute approximate surface area is 72.0 Å². The summed E-state index contributed by atoms with van der Waals surface area (Å²) in [6.45, 7) is 0. The van der Waals surface area contributed by atoms with Crippen LogP contribution in [0.5, 0.6) is 0 Å². The first-order valence-electron chi connectivity index (χ1n) is 2.91. The lowest BCUT2D eigenvalue weighted by Gasteiger charge is -1.96. The molecule has 1 heterocycles. The number of amides is 1. The van der Waals surface area contributed by atoms with Crippen LogP contribution in [-0.4, -0.2) is 18.0 Å². The van der Waals surface area contributed by atoms with Crippen LogP contribution < -0.4 is 5.48 Å². The van der Waals surface area contributed by atoms with Gasteiger partial charge in [-0.15, -0.1) is 0 Å². The van der Waals surface area contributed by atoms with E-state index in [1.165, 1.54) is 7.11 Å². The zero-order chi connectivity index (χ0) is 8.27. The predicted octanol–water partition coefficient (Wildman–Crippen LogP) is 1.07. The first kappa shape index (κ1) is 8.29. The van der Waals surface area contributed by atoms with Crippen molar-refractivity contribution in [2.75, 3.05) is 7.11 Å². The third-order valence-electron chi connectivity index (χ3n) is 1.09. The zero-order valence-electron chi connectivity index (χ0n) is 5.85. The van der Waals surface area contributed by atoms with Crippen molar-refractivity contribution >= 4 is 21.8 Å². The van der Waals surface area contributed by atoms with E-state index in [9.17, 15) is 4.79 Å². The highest BCUT2D eigenvalue weighted by Crippen LogP contribution is 2.09. The third kappa shape index (κ3) is 2.06. The number of hydrogen-bond donors (Lipinski definition) is 2. The van der Waals surface area contributed by atoms with Gasteiger partial charge < -0.3 is 4.98 Å². The monoisotopic (exact) mass is 218 g/mol. The number of aromatic nitrogens is 1. The fourth-order valence-corrected chi connectivity index (χ4v) is 0.990. The third-order valence-corrected chi connectivity index (χ3v) is 1.55. The maximum Gasteiger partial charge on any atom is 0.291 e. The van der Waals surface area contributed by atoms with Crippen molar-refractivity contribution in [2.24, 2.45) is 0 Å². The molecule has 1 aromatic rings. The van der Waals surface area contributed by atoms with Gasteiger partial charge in [-0.1, -0.05) is 0 Å². The normalized spacial score (nSPS) is 9.64. The SMILES string of the molecule is CONC(=O)c1cc(Br)c[nH]1. The van der Waals surface area contributed by atoms with Gasteiger partial charge in [-0.05, 0) is 22.0 Å². The molecule has 0 bridgehead atoms. The van der Waals surface area contributed by atoms with Crippen LogP contribution in [0.1, 0.15) is 10.5 Å². The van der Waals surface area contributed by atoms with Crippen molar-refractivity contribution in [3.63, 3.8) is 0 Å². The van der Waals surface area contributed by atoms with Crippen molar-refractivity contribution in [1.82, 2.24) is 10.5 Å². The minimum Gasteiger partial charge on any atom is -0.356 e. The summed E-state index contributed by atoms with van der Waals surface area (Å²) in [5, 5.41) is 0. The second-order valence-electron chi connectivity index (χ2n) is 1.87. The number of H-pyrrole nitrogens is 1. The summed E-state index contributed by atoms with van der Waals surface area (Å²) in [7, 11) is 1.38. The molecule has 2 N–H and O–H groups in total. The number of halogens is 1. The highest BCUT2D eigenvalue weighted by molar-refractivity contribution is 9.10. The van der Waals surface area contributed by atoms with Crippen molar-refractivity contribution in [1.29, 1.82) is 0 Å². The lowest BCUT2D eigenvalue weighted by molar-refractivity contribution is 0.0533. The molecular weight excluding hydrogens is 212 g/mol. The molecule has 1 aromatic heterocycles. The molecule has 1 amide bonds. The van der Waals surface area contributed by atoms with E-state index in [2.05, 4.69) is 31.2 Å². The minimum atomic E-state index is -0.293. The van der Waals surface area contributed by atoms with Crippen molar-refractivity contribution < 1.29 is 9.63 Å². The van der Waals surface area contributed by atoms with E-state index in [1.54, 1.807) is 12.3 Å². The van der Waals surface area contributed by atoms with Gasteiger partial charge in [0.1, 0.15) is 5.69 Å². The Morgan fingerprint density at radius 1 is 1.82 bits per heavy atom. The maximum atomic E-state index is 11.0.